The van der Waals surface area contributed by atoms with E-state index in [2.05, 4.69) is 20.6 Å². The number of aromatic nitrogens is 2. The van der Waals surface area contributed by atoms with Crippen molar-refractivity contribution in [2.24, 2.45) is 5.92 Å². The van der Waals surface area contributed by atoms with Gasteiger partial charge in [-0.1, -0.05) is 44.2 Å². The Bertz CT molecular complexity index is 1010. The van der Waals surface area contributed by atoms with Crippen molar-refractivity contribution in [3.05, 3.63) is 60.2 Å². The molecule has 1 aliphatic heterocycles. The Kier molecular flexibility index (Phi) is 9.95. The van der Waals surface area contributed by atoms with Gasteiger partial charge in [0, 0.05) is 31.5 Å². The molecule has 2 amide bonds. The standard InChI is InChI=1S/C25H34BN5O5/c1-17(2)12-22(26-35-16-18(3)31(4)15-23(32)36-26)30-24(33)20(13-19-8-6-5-7-9-19)29-25(34)21-14-27-10-11-28-21/h5-11,14,17-18,20,22H,12-13,15-16H2,1-4H3,(H,29,34)(H,30,33)/t18-,20+,22+/m1/s1. The molecule has 1 aromatic carbocycles. The van der Waals surface area contributed by atoms with Gasteiger partial charge in [0.2, 0.25) is 5.91 Å². The molecule has 2 heterocycles. The van der Waals surface area contributed by atoms with Crippen LogP contribution in [0.3, 0.4) is 0 Å². The molecule has 0 bridgehead atoms. The van der Waals surface area contributed by atoms with E-state index in [-0.39, 0.29) is 30.6 Å². The molecule has 1 saturated heterocycles. The minimum Gasteiger partial charge on any atom is -0.507 e. The zero-order valence-electron chi connectivity index (χ0n) is 21.2. The van der Waals surface area contributed by atoms with E-state index in [9.17, 15) is 14.4 Å². The summed E-state index contributed by atoms with van der Waals surface area (Å²) in [6, 6.07) is 8.51. The van der Waals surface area contributed by atoms with Gasteiger partial charge in [-0.25, -0.2) is 4.98 Å². The van der Waals surface area contributed by atoms with Gasteiger partial charge in [-0.2, -0.15) is 0 Å². The predicted octanol–water partition coefficient (Wildman–Crippen LogP) is 1.27. The van der Waals surface area contributed by atoms with E-state index in [0.29, 0.717) is 13.0 Å². The molecule has 2 N–H and O–H groups in total. The van der Waals surface area contributed by atoms with Crippen LogP contribution in [0.25, 0.3) is 0 Å². The molecule has 2 aromatic rings. The first-order chi connectivity index (χ1) is 17.2. The number of carbonyl (C=O) groups excluding carboxylic acids is 3. The van der Waals surface area contributed by atoms with E-state index in [1.54, 1.807) is 0 Å². The van der Waals surface area contributed by atoms with Crippen molar-refractivity contribution in [1.29, 1.82) is 0 Å². The number of likely N-dealkylation sites (N-methyl/N-ethyl adjacent to an activating group) is 1. The molecule has 192 valence electrons. The molecule has 0 unspecified atom stereocenters. The van der Waals surface area contributed by atoms with Crippen molar-refractivity contribution in [2.75, 3.05) is 20.2 Å². The van der Waals surface area contributed by atoms with Crippen LogP contribution in [0.5, 0.6) is 0 Å². The van der Waals surface area contributed by atoms with E-state index in [4.69, 9.17) is 9.31 Å². The first kappa shape index (κ1) is 27.3. The van der Waals surface area contributed by atoms with Crippen LogP contribution in [0.2, 0.25) is 0 Å². The van der Waals surface area contributed by atoms with Crippen LogP contribution in [0, 0.1) is 5.92 Å². The number of hydrogen-bond acceptors (Lipinski definition) is 8. The van der Waals surface area contributed by atoms with E-state index < -0.39 is 36.9 Å². The van der Waals surface area contributed by atoms with Crippen LogP contribution >= 0.6 is 0 Å². The summed E-state index contributed by atoms with van der Waals surface area (Å²) >= 11 is 0. The molecule has 3 atom stereocenters. The van der Waals surface area contributed by atoms with Gasteiger partial charge < -0.3 is 19.9 Å². The summed E-state index contributed by atoms with van der Waals surface area (Å²) in [4.78, 5) is 48.6. The lowest BCUT2D eigenvalue weighted by molar-refractivity contribution is -0.139. The first-order valence-corrected chi connectivity index (χ1v) is 12.2. The highest BCUT2D eigenvalue weighted by Gasteiger charge is 2.39. The minimum absolute atomic E-state index is 0.00727. The van der Waals surface area contributed by atoms with Gasteiger partial charge in [0.05, 0.1) is 18.7 Å². The summed E-state index contributed by atoms with van der Waals surface area (Å²) in [5.41, 5.74) is 0.987. The van der Waals surface area contributed by atoms with E-state index in [1.165, 1.54) is 18.6 Å². The van der Waals surface area contributed by atoms with Crippen molar-refractivity contribution < 1.29 is 23.7 Å². The van der Waals surface area contributed by atoms with Gasteiger partial charge in [-0.15, -0.1) is 0 Å². The molecule has 1 aromatic heterocycles. The normalized spacial score (nSPS) is 18.5. The van der Waals surface area contributed by atoms with Crippen LogP contribution in [-0.4, -0.2) is 78.0 Å². The second kappa shape index (κ2) is 13.1. The van der Waals surface area contributed by atoms with E-state index >= 15 is 0 Å². The molecule has 1 aliphatic rings. The van der Waals surface area contributed by atoms with Crippen molar-refractivity contribution in [3.8, 4) is 0 Å². The van der Waals surface area contributed by atoms with Crippen molar-refractivity contribution >= 4 is 24.9 Å². The quantitative estimate of drug-likeness (QED) is 0.499. The minimum atomic E-state index is -0.937. The fraction of sp³-hybridized carbons (Fsp3) is 0.480. The molecule has 3 rings (SSSR count). The molecule has 0 aliphatic carbocycles. The number of amides is 2. The Balaban J connectivity index is 1.80. The fourth-order valence-corrected chi connectivity index (χ4v) is 3.86. The topological polar surface area (TPSA) is 123 Å². The largest absolute Gasteiger partial charge is 0.551 e. The molecule has 1 fully saturated rings. The number of hydrogen-bond donors (Lipinski definition) is 2. The lowest BCUT2D eigenvalue weighted by Gasteiger charge is -2.32. The number of nitrogens with one attached hydrogen (secondary N) is 2. The number of rotatable bonds is 9. The lowest BCUT2D eigenvalue weighted by Crippen LogP contribution is -2.58. The summed E-state index contributed by atoms with van der Waals surface area (Å²) in [7, 11) is 0.893. The van der Waals surface area contributed by atoms with Crippen molar-refractivity contribution in [1.82, 2.24) is 25.5 Å². The van der Waals surface area contributed by atoms with Crippen LogP contribution in [-0.2, 0) is 25.3 Å². The first-order valence-electron chi connectivity index (χ1n) is 12.2. The third kappa shape index (κ3) is 8.13. The highest BCUT2D eigenvalue weighted by Crippen LogP contribution is 2.14. The van der Waals surface area contributed by atoms with Crippen molar-refractivity contribution in [3.63, 3.8) is 0 Å². The van der Waals surface area contributed by atoms with Gasteiger partial charge in [-0.05, 0) is 31.9 Å². The average molecular weight is 495 g/mol. The zero-order chi connectivity index (χ0) is 26.1. The summed E-state index contributed by atoms with van der Waals surface area (Å²) in [5.74, 6) is -1.75. The molecule has 11 heteroatoms. The van der Waals surface area contributed by atoms with Crippen molar-refractivity contribution in [2.45, 2.75) is 51.6 Å². The van der Waals surface area contributed by atoms with Gasteiger partial charge in [0.15, 0.2) is 0 Å². The molecule has 0 spiro atoms. The van der Waals surface area contributed by atoms with E-state index in [1.807, 2.05) is 63.1 Å². The molecular weight excluding hydrogens is 461 g/mol. The molecule has 0 radical (unpaired) electrons. The summed E-state index contributed by atoms with van der Waals surface area (Å²) in [5, 5.41) is 5.76. The maximum absolute atomic E-state index is 13.5. The molecule has 10 nitrogen and oxygen atoms in total. The highest BCUT2D eigenvalue weighted by atomic mass is 16.6. The zero-order valence-corrected chi connectivity index (χ0v) is 21.2. The summed E-state index contributed by atoms with van der Waals surface area (Å²) in [6.45, 7) is 6.46. The maximum Gasteiger partial charge on any atom is 0.551 e. The third-order valence-corrected chi connectivity index (χ3v) is 5.96. The molecule has 36 heavy (non-hydrogen) atoms. The van der Waals surface area contributed by atoms with Crippen LogP contribution in [0.4, 0.5) is 0 Å². The van der Waals surface area contributed by atoms with Crippen LogP contribution in [0.1, 0.15) is 43.2 Å². The lowest BCUT2D eigenvalue weighted by atomic mass is 9.73. The second-order valence-corrected chi connectivity index (χ2v) is 9.51. The Morgan fingerprint density at radius 2 is 1.94 bits per heavy atom. The second-order valence-electron chi connectivity index (χ2n) is 9.51. The SMILES string of the molecule is CC(C)C[C@H](NC(=O)[C@H](Cc1ccccc1)NC(=O)c1cnccn1)B1OC[C@@H](C)N(C)CC(=O)O1. The van der Waals surface area contributed by atoms with Gasteiger partial charge in [0.25, 0.3) is 5.91 Å². The summed E-state index contributed by atoms with van der Waals surface area (Å²) in [6.07, 6.45) is 5.01. The Morgan fingerprint density at radius 3 is 2.61 bits per heavy atom. The highest BCUT2D eigenvalue weighted by molar-refractivity contribution is 6.49. The predicted molar refractivity (Wildman–Crippen MR) is 135 cm³/mol. The van der Waals surface area contributed by atoms with Crippen LogP contribution < -0.4 is 10.6 Å². The van der Waals surface area contributed by atoms with Gasteiger partial charge >= 0.3 is 13.1 Å². The summed E-state index contributed by atoms with van der Waals surface area (Å²) < 4.78 is 11.5. The Labute approximate surface area is 212 Å². The number of benzene rings is 1. The molecular formula is C25H34BN5O5. The maximum atomic E-state index is 13.5. The third-order valence-electron chi connectivity index (χ3n) is 5.96. The number of carbonyl (C=O) groups is 3. The van der Waals surface area contributed by atoms with Gasteiger partial charge in [-0.3, -0.25) is 24.3 Å². The monoisotopic (exact) mass is 495 g/mol. The van der Waals surface area contributed by atoms with Gasteiger partial charge in [0.1, 0.15) is 11.7 Å². The smallest absolute Gasteiger partial charge is 0.507 e. The Morgan fingerprint density at radius 1 is 1.19 bits per heavy atom. The molecule has 0 saturated carbocycles. The number of nitrogens with zero attached hydrogens (tertiary/aromatic N) is 3. The fourth-order valence-electron chi connectivity index (χ4n) is 3.86. The average Bonchev–Trinajstić information content (AvgIpc) is 2.85. The van der Waals surface area contributed by atoms with E-state index in [0.717, 1.165) is 5.56 Å². The Hall–Kier alpha value is -3.31. The van der Waals surface area contributed by atoms with Crippen LogP contribution in [0.15, 0.2) is 48.9 Å².